The molecule has 120 valence electrons. The predicted octanol–water partition coefficient (Wildman–Crippen LogP) is 3.47. The van der Waals surface area contributed by atoms with Crippen LogP contribution in [0.4, 0.5) is 0 Å². The first-order chi connectivity index (χ1) is 11.0. The molecule has 1 aromatic carbocycles. The molecule has 0 fully saturated rings. The molecule has 23 heavy (non-hydrogen) atoms. The summed E-state index contributed by atoms with van der Waals surface area (Å²) in [4.78, 5) is 12.7. The number of hydrogen-bond acceptors (Lipinski definition) is 4. The SMILES string of the molecule is Cc1ccc2snc(C(=O)N[C@H](c3cnn(C)c3)C(C)C)c2c1. The Bertz CT molecular complexity index is 849. The lowest BCUT2D eigenvalue weighted by Gasteiger charge is -2.20. The van der Waals surface area contributed by atoms with Crippen LogP contribution in [-0.4, -0.2) is 20.1 Å². The van der Waals surface area contributed by atoms with Gasteiger partial charge in [-0.1, -0.05) is 25.5 Å². The van der Waals surface area contributed by atoms with E-state index in [1.165, 1.54) is 11.5 Å². The summed E-state index contributed by atoms with van der Waals surface area (Å²) >= 11 is 1.36. The summed E-state index contributed by atoms with van der Waals surface area (Å²) in [6, 6.07) is 5.98. The zero-order chi connectivity index (χ0) is 16.6. The standard InChI is InChI=1S/C17H20N4OS/c1-10(2)15(12-8-18-21(4)9-12)19-17(22)16-13-7-11(3)5-6-14(13)23-20-16/h5-10,15H,1-4H3,(H,19,22)/t15-/m0/s1. The van der Waals surface area contributed by atoms with Crippen LogP contribution in [0.15, 0.2) is 30.6 Å². The third-order valence-corrected chi connectivity index (χ3v) is 4.70. The van der Waals surface area contributed by atoms with Crippen molar-refractivity contribution in [3.05, 3.63) is 47.4 Å². The third-order valence-electron chi connectivity index (χ3n) is 3.88. The summed E-state index contributed by atoms with van der Waals surface area (Å²) in [7, 11) is 1.87. The summed E-state index contributed by atoms with van der Waals surface area (Å²) in [5.41, 5.74) is 2.63. The Balaban J connectivity index is 1.90. The molecule has 0 unspecified atom stereocenters. The van der Waals surface area contributed by atoms with Crippen molar-refractivity contribution in [3.8, 4) is 0 Å². The minimum absolute atomic E-state index is 0.0854. The molecule has 0 saturated carbocycles. The van der Waals surface area contributed by atoms with E-state index in [1.807, 2.05) is 38.4 Å². The highest BCUT2D eigenvalue weighted by Crippen LogP contribution is 2.26. The monoisotopic (exact) mass is 328 g/mol. The molecule has 1 amide bonds. The van der Waals surface area contributed by atoms with Crippen LogP contribution in [0.25, 0.3) is 10.1 Å². The highest BCUT2D eigenvalue weighted by atomic mass is 32.1. The van der Waals surface area contributed by atoms with Crippen LogP contribution >= 0.6 is 11.5 Å². The highest BCUT2D eigenvalue weighted by molar-refractivity contribution is 7.13. The van der Waals surface area contributed by atoms with Crippen LogP contribution in [0.3, 0.4) is 0 Å². The Morgan fingerprint density at radius 3 is 2.78 bits per heavy atom. The van der Waals surface area contributed by atoms with E-state index in [9.17, 15) is 4.79 Å². The van der Waals surface area contributed by atoms with Crippen LogP contribution in [-0.2, 0) is 7.05 Å². The van der Waals surface area contributed by atoms with Gasteiger partial charge < -0.3 is 5.32 Å². The molecule has 6 heteroatoms. The molecular weight excluding hydrogens is 308 g/mol. The minimum atomic E-state index is -0.135. The number of rotatable bonds is 4. The Labute approximate surface area is 139 Å². The van der Waals surface area contributed by atoms with Crippen LogP contribution in [0.5, 0.6) is 0 Å². The molecular formula is C17H20N4OS. The molecule has 5 nitrogen and oxygen atoms in total. The van der Waals surface area contributed by atoms with E-state index in [1.54, 1.807) is 10.9 Å². The van der Waals surface area contributed by atoms with Crippen molar-refractivity contribution in [2.24, 2.45) is 13.0 Å². The van der Waals surface area contributed by atoms with Crippen molar-refractivity contribution >= 4 is 27.5 Å². The fourth-order valence-corrected chi connectivity index (χ4v) is 3.42. The maximum absolute atomic E-state index is 12.7. The molecule has 2 heterocycles. The smallest absolute Gasteiger partial charge is 0.272 e. The fourth-order valence-electron chi connectivity index (χ4n) is 2.66. The lowest BCUT2D eigenvalue weighted by atomic mass is 9.98. The van der Waals surface area contributed by atoms with Gasteiger partial charge in [-0.3, -0.25) is 9.48 Å². The van der Waals surface area contributed by atoms with E-state index in [2.05, 4.69) is 28.6 Å². The van der Waals surface area contributed by atoms with Gasteiger partial charge in [0.15, 0.2) is 0 Å². The lowest BCUT2D eigenvalue weighted by molar-refractivity contribution is 0.0923. The van der Waals surface area contributed by atoms with Gasteiger partial charge >= 0.3 is 0 Å². The average Bonchev–Trinajstić information content (AvgIpc) is 3.10. The molecule has 1 N–H and O–H groups in total. The molecule has 3 rings (SSSR count). The second-order valence-corrected chi connectivity index (χ2v) is 6.98. The van der Waals surface area contributed by atoms with Crippen LogP contribution in [0.1, 0.15) is 41.5 Å². The Kier molecular flexibility index (Phi) is 4.17. The van der Waals surface area contributed by atoms with Gasteiger partial charge in [0.1, 0.15) is 5.69 Å². The largest absolute Gasteiger partial charge is 0.343 e. The summed E-state index contributed by atoms with van der Waals surface area (Å²) < 4.78 is 7.14. The van der Waals surface area contributed by atoms with E-state index < -0.39 is 0 Å². The summed E-state index contributed by atoms with van der Waals surface area (Å²) in [6.45, 7) is 6.19. The van der Waals surface area contributed by atoms with E-state index in [0.29, 0.717) is 5.69 Å². The second kappa shape index (κ2) is 6.12. The highest BCUT2D eigenvalue weighted by Gasteiger charge is 2.23. The normalized spacial score (nSPS) is 12.7. The number of carbonyl (C=O) groups is 1. The van der Waals surface area contributed by atoms with Gasteiger partial charge in [0.05, 0.1) is 16.9 Å². The van der Waals surface area contributed by atoms with E-state index >= 15 is 0 Å². The van der Waals surface area contributed by atoms with Crippen molar-refractivity contribution in [2.75, 3.05) is 0 Å². The zero-order valence-corrected chi connectivity index (χ0v) is 14.5. The van der Waals surface area contributed by atoms with Gasteiger partial charge in [-0.15, -0.1) is 0 Å². The quantitative estimate of drug-likeness (QED) is 0.798. The predicted molar refractivity (Wildman–Crippen MR) is 92.6 cm³/mol. The van der Waals surface area contributed by atoms with E-state index in [0.717, 1.165) is 21.2 Å². The molecule has 0 saturated heterocycles. The first-order valence-electron chi connectivity index (χ1n) is 7.61. The number of nitrogens with one attached hydrogen (secondary N) is 1. The van der Waals surface area contributed by atoms with Gasteiger partial charge in [-0.25, -0.2) is 0 Å². The van der Waals surface area contributed by atoms with Crippen molar-refractivity contribution in [2.45, 2.75) is 26.8 Å². The molecule has 0 spiro atoms. The average molecular weight is 328 g/mol. The van der Waals surface area contributed by atoms with Gasteiger partial charge in [0.2, 0.25) is 0 Å². The maximum Gasteiger partial charge on any atom is 0.272 e. The Morgan fingerprint density at radius 1 is 1.35 bits per heavy atom. The van der Waals surface area contributed by atoms with Gasteiger partial charge in [0, 0.05) is 24.2 Å². The van der Waals surface area contributed by atoms with Crippen LogP contribution in [0.2, 0.25) is 0 Å². The van der Waals surface area contributed by atoms with Crippen LogP contribution < -0.4 is 5.32 Å². The first kappa shape index (κ1) is 15.7. The molecule has 3 aromatic rings. The van der Waals surface area contributed by atoms with Crippen molar-refractivity contribution in [1.29, 1.82) is 0 Å². The Morgan fingerprint density at radius 2 is 2.13 bits per heavy atom. The van der Waals surface area contributed by atoms with Gasteiger partial charge in [-0.2, -0.15) is 9.47 Å². The molecule has 0 aliphatic rings. The molecule has 0 bridgehead atoms. The Hall–Kier alpha value is -2.21. The second-order valence-electron chi connectivity index (χ2n) is 6.17. The number of nitrogens with zero attached hydrogens (tertiary/aromatic N) is 3. The van der Waals surface area contributed by atoms with Gasteiger partial charge in [-0.05, 0) is 36.5 Å². The lowest BCUT2D eigenvalue weighted by Crippen LogP contribution is -2.31. The number of amides is 1. The van der Waals surface area contributed by atoms with Crippen LogP contribution in [0, 0.1) is 12.8 Å². The van der Waals surface area contributed by atoms with E-state index in [-0.39, 0.29) is 17.9 Å². The summed E-state index contributed by atoms with van der Waals surface area (Å²) in [6.07, 6.45) is 3.74. The molecule has 0 aliphatic heterocycles. The van der Waals surface area contributed by atoms with Crippen molar-refractivity contribution < 1.29 is 4.79 Å². The molecule has 0 aliphatic carbocycles. The molecule has 1 atom stereocenters. The van der Waals surface area contributed by atoms with Crippen molar-refractivity contribution in [3.63, 3.8) is 0 Å². The summed E-state index contributed by atoms with van der Waals surface area (Å²) in [5, 5.41) is 8.23. The molecule has 2 aromatic heterocycles. The van der Waals surface area contributed by atoms with Crippen molar-refractivity contribution in [1.82, 2.24) is 19.5 Å². The number of benzene rings is 1. The number of aryl methyl sites for hydroxylation is 2. The summed E-state index contributed by atoms with van der Waals surface area (Å²) in [5.74, 6) is 0.124. The number of aromatic nitrogens is 3. The third kappa shape index (κ3) is 3.12. The zero-order valence-electron chi connectivity index (χ0n) is 13.7. The maximum atomic E-state index is 12.7. The number of carbonyl (C=O) groups excluding carboxylic acids is 1. The fraction of sp³-hybridized carbons (Fsp3) is 0.353. The minimum Gasteiger partial charge on any atom is -0.343 e. The van der Waals surface area contributed by atoms with E-state index in [4.69, 9.17) is 0 Å². The topological polar surface area (TPSA) is 59.8 Å². The molecule has 0 radical (unpaired) electrons. The number of hydrogen-bond donors (Lipinski definition) is 1. The first-order valence-corrected chi connectivity index (χ1v) is 8.38. The van der Waals surface area contributed by atoms with Gasteiger partial charge in [0.25, 0.3) is 5.91 Å². The number of fused-ring (bicyclic) bond motifs is 1.